The van der Waals surface area contributed by atoms with E-state index >= 15 is 0 Å². The minimum atomic E-state index is -4.30. The Labute approximate surface area is 165 Å². The Morgan fingerprint density at radius 1 is 1.17 bits per heavy atom. The number of fused-ring (bicyclic) bond motifs is 1. The first-order chi connectivity index (χ1) is 13.8. The molecule has 2 aromatic carbocycles. The van der Waals surface area contributed by atoms with Crippen molar-refractivity contribution in [2.24, 2.45) is 0 Å². The first-order valence-electron chi connectivity index (χ1n) is 8.52. The van der Waals surface area contributed by atoms with Crippen LogP contribution >= 0.6 is 0 Å². The van der Waals surface area contributed by atoms with Gasteiger partial charge in [-0.2, -0.15) is 8.78 Å². The molecule has 0 bridgehead atoms. The minimum absolute atomic E-state index is 0.0114. The van der Waals surface area contributed by atoms with E-state index in [1.54, 1.807) is 6.07 Å². The van der Waals surface area contributed by atoms with E-state index in [1.165, 1.54) is 19.2 Å². The summed E-state index contributed by atoms with van der Waals surface area (Å²) in [7, 11) is 1.28. The van der Waals surface area contributed by atoms with Crippen molar-refractivity contribution in [1.29, 1.82) is 0 Å². The normalized spacial score (nSPS) is 11.2. The van der Waals surface area contributed by atoms with Gasteiger partial charge in [-0.05, 0) is 47.9 Å². The van der Waals surface area contributed by atoms with Gasteiger partial charge in [0.25, 0.3) is 0 Å². The van der Waals surface area contributed by atoms with E-state index in [1.807, 2.05) is 37.3 Å². The van der Waals surface area contributed by atoms with E-state index in [-0.39, 0.29) is 11.5 Å². The third-order valence-electron chi connectivity index (χ3n) is 4.29. The van der Waals surface area contributed by atoms with Crippen LogP contribution in [0.5, 0.6) is 11.5 Å². The summed E-state index contributed by atoms with van der Waals surface area (Å²) < 4.78 is 37.3. The van der Waals surface area contributed by atoms with Gasteiger partial charge in [-0.3, -0.25) is 15.0 Å². The second kappa shape index (κ2) is 7.84. The van der Waals surface area contributed by atoms with Gasteiger partial charge in [0.1, 0.15) is 0 Å². The zero-order chi connectivity index (χ0) is 21.2. The molecule has 29 heavy (non-hydrogen) atoms. The first-order valence-corrected chi connectivity index (χ1v) is 8.52. The third-order valence-corrected chi connectivity index (χ3v) is 4.29. The number of amides is 1. The molecule has 2 N–H and O–H groups in total. The van der Waals surface area contributed by atoms with Gasteiger partial charge in [-0.25, -0.2) is 5.48 Å². The summed E-state index contributed by atoms with van der Waals surface area (Å²) in [5, 5.41) is 9.34. The number of aromatic nitrogens is 1. The molecule has 0 spiro atoms. The molecule has 0 saturated heterocycles. The molecule has 0 atom stereocenters. The average Bonchev–Trinajstić information content (AvgIpc) is 2.71. The molecular weight excluding hydrogens is 382 g/mol. The zero-order valence-electron chi connectivity index (χ0n) is 15.7. The van der Waals surface area contributed by atoms with Gasteiger partial charge in [-0.15, -0.1) is 0 Å². The van der Waals surface area contributed by atoms with E-state index in [4.69, 9.17) is 9.94 Å². The first kappa shape index (κ1) is 20.2. The van der Waals surface area contributed by atoms with Crippen LogP contribution in [0.4, 0.5) is 8.78 Å². The summed E-state index contributed by atoms with van der Waals surface area (Å²) in [6, 6.07) is 13.7. The molecule has 8 heteroatoms. The lowest BCUT2D eigenvalue weighted by atomic mass is 9.95. The maximum absolute atomic E-state index is 13.9. The van der Waals surface area contributed by atoms with Crippen molar-refractivity contribution in [3.8, 4) is 11.5 Å². The van der Waals surface area contributed by atoms with Crippen LogP contribution in [-0.2, 0) is 4.79 Å². The predicted octanol–water partition coefficient (Wildman–Crippen LogP) is 4.09. The second-order valence-corrected chi connectivity index (χ2v) is 6.23. The Morgan fingerprint density at radius 2 is 1.90 bits per heavy atom. The fourth-order valence-electron chi connectivity index (χ4n) is 2.91. The summed E-state index contributed by atoms with van der Waals surface area (Å²) in [5.74, 6) is -2.39. The van der Waals surface area contributed by atoms with E-state index in [0.29, 0.717) is 11.1 Å². The van der Waals surface area contributed by atoms with Gasteiger partial charge in [-0.1, -0.05) is 30.8 Å². The topological polar surface area (TPSA) is 80.7 Å². The van der Waals surface area contributed by atoms with Crippen molar-refractivity contribution in [3.05, 3.63) is 71.9 Å². The number of nitrogens with one attached hydrogen (secondary N) is 1. The number of pyridine rings is 1. The number of hydroxylamine groups is 1. The molecule has 3 rings (SSSR count). The Bertz CT molecular complexity index is 1100. The predicted molar refractivity (Wildman–Crippen MR) is 103 cm³/mol. The van der Waals surface area contributed by atoms with Gasteiger partial charge in [0.05, 0.1) is 12.6 Å². The monoisotopic (exact) mass is 400 g/mol. The Morgan fingerprint density at radius 3 is 2.59 bits per heavy atom. The Kier molecular flexibility index (Phi) is 5.47. The van der Waals surface area contributed by atoms with Gasteiger partial charge >= 0.3 is 12.0 Å². The lowest BCUT2D eigenvalue weighted by Crippen LogP contribution is -2.43. The van der Waals surface area contributed by atoms with Gasteiger partial charge < -0.3 is 9.47 Å². The van der Waals surface area contributed by atoms with Crippen molar-refractivity contribution in [1.82, 2.24) is 10.5 Å². The molecule has 1 aromatic heterocycles. The number of carbonyl (C=O) groups excluding carboxylic acids is 1. The van der Waals surface area contributed by atoms with E-state index < -0.39 is 12.0 Å². The summed E-state index contributed by atoms with van der Waals surface area (Å²) in [6.45, 7) is 5.95. The van der Waals surface area contributed by atoms with E-state index in [0.717, 1.165) is 27.6 Å². The highest BCUT2D eigenvalue weighted by Crippen LogP contribution is 2.36. The summed E-state index contributed by atoms with van der Waals surface area (Å²) >= 11 is 0. The summed E-state index contributed by atoms with van der Waals surface area (Å²) in [5.41, 5.74) is 4.24. The van der Waals surface area contributed by atoms with E-state index in [9.17, 15) is 13.6 Å². The molecule has 0 aliphatic heterocycles. The smallest absolute Gasteiger partial charge is 0.484 e. The molecule has 1 amide bonds. The third kappa shape index (κ3) is 4.02. The van der Waals surface area contributed by atoms with Crippen molar-refractivity contribution in [3.63, 3.8) is 0 Å². The molecule has 0 radical (unpaired) electrons. The molecule has 1 heterocycles. The van der Waals surface area contributed by atoms with Gasteiger partial charge in [0.15, 0.2) is 11.5 Å². The number of methoxy groups -OCH3 is 1. The fraction of sp³-hybridized carbons (Fsp3) is 0.143. The average molecular weight is 400 g/mol. The van der Waals surface area contributed by atoms with Crippen molar-refractivity contribution in [2.45, 2.75) is 13.0 Å². The number of carbonyl (C=O) groups is 1. The molecule has 0 aliphatic carbocycles. The highest BCUT2D eigenvalue weighted by molar-refractivity contribution is 5.95. The number of ether oxygens (including phenoxy) is 2. The molecule has 0 unspecified atom stereocenters. The van der Waals surface area contributed by atoms with Gasteiger partial charge in [0.2, 0.25) is 0 Å². The quantitative estimate of drug-likeness (QED) is 0.481. The number of alkyl halides is 2. The maximum atomic E-state index is 13.9. The molecule has 150 valence electrons. The number of nitrogens with zero attached hydrogens (tertiary/aromatic N) is 1. The van der Waals surface area contributed by atoms with Crippen LogP contribution in [0.25, 0.3) is 16.5 Å². The van der Waals surface area contributed by atoms with Crippen LogP contribution in [0.2, 0.25) is 0 Å². The number of aryl methyl sites for hydroxylation is 1. The molecule has 3 aromatic rings. The van der Waals surface area contributed by atoms with Crippen LogP contribution in [0.1, 0.15) is 16.8 Å². The van der Waals surface area contributed by atoms with Crippen LogP contribution in [0, 0.1) is 6.92 Å². The minimum Gasteiger partial charge on any atom is -0.493 e. The largest absolute Gasteiger partial charge is 0.493 e. The van der Waals surface area contributed by atoms with Crippen LogP contribution in [0.3, 0.4) is 0 Å². The van der Waals surface area contributed by atoms with Crippen molar-refractivity contribution < 1.29 is 28.3 Å². The number of para-hydroxylation sites is 1. The van der Waals surface area contributed by atoms with Crippen LogP contribution in [-0.4, -0.2) is 29.3 Å². The molecule has 0 fully saturated rings. The SMILES string of the molecule is C=C(c1ccc(OC)c(OC(F)(F)C(=O)NO)c1)c1cc(C)nc2ccccc12. The molecule has 0 saturated carbocycles. The Hall–Kier alpha value is -3.52. The second-order valence-electron chi connectivity index (χ2n) is 6.23. The molecule has 0 aliphatic rings. The van der Waals surface area contributed by atoms with Crippen LogP contribution < -0.4 is 15.0 Å². The number of halogens is 2. The lowest BCUT2D eigenvalue weighted by Gasteiger charge is -2.19. The zero-order valence-corrected chi connectivity index (χ0v) is 15.7. The Balaban J connectivity index is 2.06. The molecule has 6 nitrogen and oxygen atoms in total. The number of benzene rings is 2. The summed E-state index contributed by atoms with van der Waals surface area (Å²) in [6.07, 6.45) is -4.30. The standard InChI is InChI=1S/C21H18F2N2O4/c1-12-10-16(15-6-4-5-7-17(15)24-12)13(2)14-8-9-18(28-3)19(11-14)29-21(22,23)20(26)25-27/h4-11,27H,2H2,1,3H3,(H,25,26). The number of hydrogen-bond acceptors (Lipinski definition) is 5. The lowest BCUT2D eigenvalue weighted by molar-refractivity contribution is -0.200. The fourth-order valence-corrected chi connectivity index (χ4v) is 2.91. The van der Waals surface area contributed by atoms with Crippen molar-refractivity contribution >= 4 is 22.4 Å². The number of rotatable bonds is 6. The van der Waals surface area contributed by atoms with Gasteiger partial charge in [0, 0.05) is 11.1 Å². The maximum Gasteiger partial charge on any atom is 0.484 e. The van der Waals surface area contributed by atoms with Crippen LogP contribution in [0.15, 0.2) is 55.1 Å². The molecular formula is C21H18F2N2O4. The van der Waals surface area contributed by atoms with E-state index in [2.05, 4.69) is 16.3 Å². The summed E-state index contributed by atoms with van der Waals surface area (Å²) in [4.78, 5) is 15.6. The number of hydrogen-bond donors (Lipinski definition) is 2. The van der Waals surface area contributed by atoms with Crippen molar-refractivity contribution in [2.75, 3.05) is 7.11 Å². The highest BCUT2D eigenvalue weighted by atomic mass is 19.3. The highest BCUT2D eigenvalue weighted by Gasteiger charge is 2.43.